The fraction of sp³-hybridized carbons (Fsp3) is 0.125. The molecule has 0 N–H and O–H groups in total. The minimum atomic E-state index is -0.541. The second kappa shape index (κ2) is 4.60. The van der Waals surface area contributed by atoms with Gasteiger partial charge in [-0.1, -0.05) is 41.0 Å². The molecule has 21 heavy (non-hydrogen) atoms. The lowest BCUT2D eigenvalue weighted by atomic mass is 9.87. The zero-order chi connectivity index (χ0) is 14.4. The Morgan fingerprint density at radius 1 is 1.05 bits per heavy atom. The summed E-state index contributed by atoms with van der Waals surface area (Å²) >= 11 is 5.89. The van der Waals surface area contributed by atoms with Crippen molar-refractivity contribution in [2.24, 2.45) is 11.1 Å². The molecule has 104 valence electrons. The standard InChI is InChI=1S/C16H10ClNO3/c17-10-7-5-9(6-8-10)15-13-14(18-21-15)11-3-1-2-4-12(11)20-16(13)19/h1-8,13,15H. The average Bonchev–Trinajstić information content (AvgIpc) is 2.94. The van der Waals surface area contributed by atoms with Crippen LogP contribution in [0.25, 0.3) is 0 Å². The number of nitrogens with zero attached hydrogens (tertiary/aromatic N) is 1. The van der Waals surface area contributed by atoms with Crippen molar-refractivity contribution in [2.75, 3.05) is 0 Å². The normalized spacial score (nSPS) is 22.7. The summed E-state index contributed by atoms with van der Waals surface area (Å²) in [6.07, 6.45) is -0.474. The van der Waals surface area contributed by atoms with Crippen molar-refractivity contribution in [1.29, 1.82) is 0 Å². The van der Waals surface area contributed by atoms with E-state index in [2.05, 4.69) is 5.16 Å². The van der Waals surface area contributed by atoms with Gasteiger partial charge in [-0.3, -0.25) is 4.79 Å². The summed E-state index contributed by atoms with van der Waals surface area (Å²) in [5.41, 5.74) is 2.28. The van der Waals surface area contributed by atoms with Crippen molar-refractivity contribution >= 4 is 23.3 Å². The van der Waals surface area contributed by atoms with Crippen LogP contribution in [0.15, 0.2) is 53.7 Å². The third-order valence-electron chi connectivity index (χ3n) is 3.69. The number of hydrogen-bond donors (Lipinski definition) is 0. The number of fused-ring (bicyclic) bond motifs is 3. The Kier molecular flexibility index (Phi) is 2.72. The summed E-state index contributed by atoms with van der Waals surface area (Å²) in [6.45, 7) is 0. The summed E-state index contributed by atoms with van der Waals surface area (Å²) < 4.78 is 5.40. The van der Waals surface area contributed by atoms with Gasteiger partial charge in [-0.15, -0.1) is 0 Å². The molecule has 0 amide bonds. The Labute approximate surface area is 125 Å². The second-order valence-electron chi connectivity index (χ2n) is 4.95. The van der Waals surface area contributed by atoms with Crippen molar-refractivity contribution in [3.05, 3.63) is 64.7 Å². The number of oxime groups is 1. The van der Waals surface area contributed by atoms with Crippen LogP contribution >= 0.6 is 11.6 Å². The predicted octanol–water partition coefficient (Wildman–Crippen LogP) is 3.35. The fourth-order valence-corrected chi connectivity index (χ4v) is 2.80. The number of esters is 1. The first-order valence-corrected chi connectivity index (χ1v) is 6.92. The maximum Gasteiger partial charge on any atom is 0.324 e. The zero-order valence-corrected chi connectivity index (χ0v) is 11.6. The fourth-order valence-electron chi connectivity index (χ4n) is 2.67. The quantitative estimate of drug-likeness (QED) is 0.599. The van der Waals surface area contributed by atoms with E-state index in [1.807, 2.05) is 30.3 Å². The molecule has 0 aromatic heterocycles. The molecule has 2 aromatic carbocycles. The van der Waals surface area contributed by atoms with E-state index in [0.717, 1.165) is 11.1 Å². The highest BCUT2D eigenvalue weighted by molar-refractivity contribution is 6.30. The monoisotopic (exact) mass is 299 g/mol. The number of halogens is 1. The van der Waals surface area contributed by atoms with Gasteiger partial charge in [0.15, 0.2) is 6.10 Å². The van der Waals surface area contributed by atoms with Crippen molar-refractivity contribution in [1.82, 2.24) is 0 Å². The first-order valence-electron chi connectivity index (χ1n) is 6.54. The highest BCUT2D eigenvalue weighted by Gasteiger charge is 2.46. The molecular formula is C16H10ClNO3. The molecule has 0 aliphatic carbocycles. The summed E-state index contributed by atoms with van der Waals surface area (Å²) in [6, 6.07) is 14.5. The number of benzene rings is 2. The Morgan fingerprint density at radius 2 is 1.81 bits per heavy atom. The Hall–Kier alpha value is -2.33. The predicted molar refractivity (Wildman–Crippen MR) is 77.4 cm³/mol. The molecule has 0 spiro atoms. The molecular weight excluding hydrogens is 290 g/mol. The van der Waals surface area contributed by atoms with E-state index < -0.39 is 12.0 Å². The molecule has 0 fully saturated rings. The third kappa shape index (κ3) is 1.91. The summed E-state index contributed by atoms with van der Waals surface area (Å²) in [5, 5.41) is 4.75. The lowest BCUT2D eigenvalue weighted by Crippen LogP contribution is -2.35. The number of carbonyl (C=O) groups excluding carboxylic acids is 1. The van der Waals surface area contributed by atoms with E-state index in [1.165, 1.54) is 0 Å². The number of carbonyl (C=O) groups is 1. The largest absolute Gasteiger partial charge is 0.425 e. The molecule has 4 rings (SSSR count). The van der Waals surface area contributed by atoms with Gasteiger partial charge in [0.2, 0.25) is 0 Å². The highest BCUT2D eigenvalue weighted by atomic mass is 35.5. The van der Waals surface area contributed by atoms with Crippen molar-refractivity contribution in [2.45, 2.75) is 6.10 Å². The third-order valence-corrected chi connectivity index (χ3v) is 3.94. The first-order chi connectivity index (χ1) is 10.2. The summed E-state index contributed by atoms with van der Waals surface area (Å²) in [4.78, 5) is 17.8. The molecule has 2 heterocycles. The van der Waals surface area contributed by atoms with Gasteiger partial charge in [0.1, 0.15) is 17.4 Å². The van der Waals surface area contributed by atoms with Crippen molar-refractivity contribution in [3.63, 3.8) is 0 Å². The van der Waals surface area contributed by atoms with E-state index in [-0.39, 0.29) is 5.97 Å². The van der Waals surface area contributed by atoms with Crippen LogP contribution in [0.1, 0.15) is 17.2 Å². The second-order valence-corrected chi connectivity index (χ2v) is 5.39. The van der Waals surface area contributed by atoms with E-state index in [1.54, 1.807) is 18.2 Å². The molecule has 0 saturated heterocycles. The van der Waals surface area contributed by atoms with Gasteiger partial charge in [0.05, 0.1) is 0 Å². The minimum Gasteiger partial charge on any atom is -0.425 e. The summed E-state index contributed by atoms with van der Waals surface area (Å²) in [7, 11) is 0. The van der Waals surface area contributed by atoms with Gasteiger partial charge in [0.25, 0.3) is 0 Å². The number of ether oxygens (including phenoxy) is 1. The van der Waals surface area contributed by atoms with Gasteiger partial charge in [-0.25, -0.2) is 0 Å². The number of hydrogen-bond acceptors (Lipinski definition) is 4. The minimum absolute atomic E-state index is 0.343. The lowest BCUT2D eigenvalue weighted by molar-refractivity contribution is -0.140. The van der Waals surface area contributed by atoms with Crippen LogP contribution in [0.5, 0.6) is 5.75 Å². The molecule has 2 atom stereocenters. The molecule has 2 aromatic rings. The lowest BCUT2D eigenvalue weighted by Gasteiger charge is -2.23. The van der Waals surface area contributed by atoms with Crippen LogP contribution in [0.3, 0.4) is 0 Å². The van der Waals surface area contributed by atoms with Crippen LogP contribution in [-0.4, -0.2) is 11.7 Å². The van der Waals surface area contributed by atoms with E-state index >= 15 is 0 Å². The van der Waals surface area contributed by atoms with Crippen LogP contribution < -0.4 is 4.74 Å². The van der Waals surface area contributed by atoms with Crippen molar-refractivity contribution < 1.29 is 14.4 Å². The summed E-state index contributed by atoms with van der Waals surface area (Å²) in [5.74, 6) is -0.358. The van der Waals surface area contributed by atoms with Crippen LogP contribution in [0.4, 0.5) is 0 Å². The Bertz CT molecular complexity index is 754. The molecule has 2 unspecified atom stereocenters. The van der Waals surface area contributed by atoms with Gasteiger partial charge in [0, 0.05) is 10.6 Å². The van der Waals surface area contributed by atoms with Gasteiger partial charge in [-0.05, 0) is 29.8 Å². The molecule has 0 radical (unpaired) electrons. The van der Waals surface area contributed by atoms with Gasteiger partial charge in [-0.2, -0.15) is 0 Å². The molecule has 4 nitrogen and oxygen atoms in total. The molecule has 2 aliphatic heterocycles. The molecule has 0 bridgehead atoms. The van der Waals surface area contributed by atoms with Crippen LogP contribution in [0.2, 0.25) is 5.02 Å². The molecule has 0 saturated carbocycles. The van der Waals surface area contributed by atoms with Crippen LogP contribution in [0, 0.1) is 5.92 Å². The average molecular weight is 300 g/mol. The topological polar surface area (TPSA) is 47.9 Å². The molecule has 5 heteroatoms. The highest BCUT2D eigenvalue weighted by Crippen LogP contribution is 2.41. The van der Waals surface area contributed by atoms with E-state index in [0.29, 0.717) is 16.5 Å². The van der Waals surface area contributed by atoms with Crippen LogP contribution in [-0.2, 0) is 9.63 Å². The van der Waals surface area contributed by atoms with Crippen molar-refractivity contribution in [3.8, 4) is 5.75 Å². The van der Waals surface area contributed by atoms with E-state index in [4.69, 9.17) is 21.2 Å². The Morgan fingerprint density at radius 3 is 2.62 bits per heavy atom. The zero-order valence-electron chi connectivity index (χ0n) is 10.8. The SMILES string of the molecule is O=C1Oc2ccccc2C2=NOC(c3ccc(Cl)cc3)C12. The Balaban J connectivity index is 1.75. The number of rotatable bonds is 1. The number of para-hydroxylation sites is 1. The van der Waals surface area contributed by atoms with Gasteiger partial charge < -0.3 is 9.57 Å². The van der Waals surface area contributed by atoms with Gasteiger partial charge >= 0.3 is 5.97 Å². The first kappa shape index (κ1) is 12.4. The van der Waals surface area contributed by atoms with E-state index in [9.17, 15) is 4.79 Å². The maximum atomic E-state index is 12.3. The molecule has 2 aliphatic rings. The smallest absolute Gasteiger partial charge is 0.324 e. The maximum absolute atomic E-state index is 12.3.